The fourth-order valence-electron chi connectivity index (χ4n) is 2.92. The average molecular weight is 220 g/mol. The van der Waals surface area contributed by atoms with E-state index in [4.69, 9.17) is 4.98 Å². The first-order valence-electron chi connectivity index (χ1n) is 6.56. The zero-order valence-corrected chi connectivity index (χ0v) is 9.71. The van der Waals surface area contributed by atoms with Crippen molar-refractivity contribution in [2.45, 2.75) is 50.4 Å². The van der Waals surface area contributed by atoms with Crippen LogP contribution in [0.1, 0.15) is 62.0 Å². The normalized spacial score (nSPS) is 27.4. The number of aromatic nitrogens is 3. The summed E-state index contributed by atoms with van der Waals surface area (Å²) in [6, 6.07) is 0. The van der Waals surface area contributed by atoms with Gasteiger partial charge < -0.3 is 5.32 Å². The average Bonchev–Trinajstić information content (AvgIpc) is 3.01. The lowest BCUT2D eigenvalue weighted by Crippen LogP contribution is -2.28. The molecule has 0 spiro atoms. The molecule has 1 aliphatic carbocycles. The molecule has 0 unspecified atom stereocenters. The monoisotopic (exact) mass is 220 g/mol. The van der Waals surface area contributed by atoms with E-state index in [9.17, 15) is 0 Å². The van der Waals surface area contributed by atoms with Crippen LogP contribution in [0.25, 0.3) is 0 Å². The van der Waals surface area contributed by atoms with E-state index in [1.165, 1.54) is 38.5 Å². The van der Waals surface area contributed by atoms with Crippen LogP contribution < -0.4 is 5.32 Å². The third kappa shape index (κ3) is 1.98. The van der Waals surface area contributed by atoms with Crippen molar-refractivity contribution < 1.29 is 0 Å². The number of hydrogen-bond donors (Lipinski definition) is 2. The maximum Gasteiger partial charge on any atom is 0.155 e. The van der Waals surface area contributed by atoms with Crippen molar-refractivity contribution in [3.05, 3.63) is 11.6 Å². The molecule has 1 atom stereocenters. The lowest BCUT2D eigenvalue weighted by Gasteiger charge is -2.19. The second-order valence-corrected chi connectivity index (χ2v) is 5.10. The summed E-state index contributed by atoms with van der Waals surface area (Å²) in [7, 11) is 0. The van der Waals surface area contributed by atoms with Crippen molar-refractivity contribution in [2.75, 3.05) is 13.1 Å². The van der Waals surface area contributed by atoms with Gasteiger partial charge >= 0.3 is 0 Å². The maximum atomic E-state index is 4.71. The summed E-state index contributed by atoms with van der Waals surface area (Å²) >= 11 is 0. The molecule has 2 aliphatic rings. The highest BCUT2D eigenvalue weighted by atomic mass is 15.2. The predicted molar refractivity (Wildman–Crippen MR) is 62.4 cm³/mol. The molecule has 2 N–H and O–H groups in total. The Morgan fingerprint density at radius 1 is 1.00 bits per heavy atom. The molecule has 4 heteroatoms. The first-order valence-corrected chi connectivity index (χ1v) is 6.56. The lowest BCUT2D eigenvalue weighted by atomic mass is 9.99. The first-order chi connectivity index (χ1) is 7.93. The highest BCUT2D eigenvalue weighted by molar-refractivity contribution is 5.04. The van der Waals surface area contributed by atoms with E-state index in [-0.39, 0.29) is 0 Å². The van der Waals surface area contributed by atoms with Gasteiger partial charge in [-0.3, -0.25) is 5.10 Å². The second kappa shape index (κ2) is 4.53. The smallest absolute Gasteiger partial charge is 0.155 e. The second-order valence-electron chi connectivity index (χ2n) is 5.10. The molecule has 2 fully saturated rings. The van der Waals surface area contributed by atoms with Crippen LogP contribution in [0, 0.1) is 0 Å². The largest absolute Gasteiger partial charge is 0.316 e. The summed E-state index contributed by atoms with van der Waals surface area (Å²) in [5.74, 6) is 3.35. The van der Waals surface area contributed by atoms with Crippen molar-refractivity contribution >= 4 is 0 Å². The van der Waals surface area contributed by atoms with Gasteiger partial charge in [0.05, 0.1) is 0 Å². The Hall–Kier alpha value is -0.900. The third-order valence-corrected chi connectivity index (χ3v) is 3.92. The molecule has 1 saturated carbocycles. The van der Waals surface area contributed by atoms with Gasteiger partial charge in [-0.25, -0.2) is 4.98 Å². The van der Waals surface area contributed by atoms with E-state index in [1.54, 1.807) is 0 Å². The van der Waals surface area contributed by atoms with Gasteiger partial charge in [-0.1, -0.05) is 12.8 Å². The van der Waals surface area contributed by atoms with Crippen LogP contribution >= 0.6 is 0 Å². The van der Waals surface area contributed by atoms with Gasteiger partial charge in [-0.05, 0) is 32.2 Å². The number of piperidine rings is 1. The van der Waals surface area contributed by atoms with Gasteiger partial charge in [-0.15, -0.1) is 0 Å². The number of hydrogen-bond acceptors (Lipinski definition) is 3. The van der Waals surface area contributed by atoms with Crippen molar-refractivity contribution in [3.63, 3.8) is 0 Å². The fourth-order valence-corrected chi connectivity index (χ4v) is 2.92. The zero-order chi connectivity index (χ0) is 10.8. The Balaban J connectivity index is 1.71. The summed E-state index contributed by atoms with van der Waals surface area (Å²) in [5.41, 5.74) is 0. The van der Waals surface area contributed by atoms with Crippen LogP contribution in [0.15, 0.2) is 0 Å². The molecular formula is C12H20N4. The van der Waals surface area contributed by atoms with Crippen LogP contribution in [0.4, 0.5) is 0 Å². The summed E-state index contributed by atoms with van der Waals surface area (Å²) in [6.45, 7) is 2.19. The molecule has 0 amide bonds. The first kappa shape index (κ1) is 10.3. The maximum absolute atomic E-state index is 4.71. The number of rotatable bonds is 2. The SMILES string of the molecule is C1CCC(c2nc([C@H]3CCCNC3)n[nH]2)C1. The molecule has 4 nitrogen and oxygen atoms in total. The molecule has 1 aliphatic heterocycles. The summed E-state index contributed by atoms with van der Waals surface area (Å²) in [6.07, 6.45) is 7.76. The van der Waals surface area contributed by atoms with Gasteiger partial charge in [0.15, 0.2) is 5.82 Å². The Morgan fingerprint density at radius 3 is 2.56 bits per heavy atom. The third-order valence-electron chi connectivity index (χ3n) is 3.92. The lowest BCUT2D eigenvalue weighted by molar-refractivity contribution is 0.447. The van der Waals surface area contributed by atoms with Crippen LogP contribution in [0.2, 0.25) is 0 Å². The Bertz CT molecular complexity index is 335. The molecule has 1 saturated heterocycles. The molecule has 2 heterocycles. The molecule has 1 aromatic heterocycles. The van der Waals surface area contributed by atoms with Crippen molar-refractivity contribution in [1.82, 2.24) is 20.5 Å². The van der Waals surface area contributed by atoms with Gasteiger partial charge in [0, 0.05) is 18.4 Å². The van der Waals surface area contributed by atoms with Gasteiger partial charge in [0.25, 0.3) is 0 Å². The van der Waals surface area contributed by atoms with E-state index in [1.807, 2.05) is 0 Å². The minimum absolute atomic E-state index is 0.528. The fraction of sp³-hybridized carbons (Fsp3) is 0.833. The van der Waals surface area contributed by atoms with Crippen molar-refractivity contribution in [1.29, 1.82) is 0 Å². The molecule has 0 bridgehead atoms. The minimum atomic E-state index is 0.528. The van der Waals surface area contributed by atoms with E-state index >= 15 is 0 Å². The Morgan fingerprint density at radius 2 is 1.81 bits per heavy atom. The molecule has 1 aromatic rings. The van der Waals surface area contributed by atoms with Gasteiger partial charge in [-0.2, -0.15) is 5.10 Å². The predicted octanol–water partition coefficient (Wildman–Crippen LogP) is 1.93. The van der Waals surface area contributed by atoms with Gasteiger partial charge in [0.2, 0.25) is 0 Å². The van der Waals surface area contributed by atoms with Crippen LogP contribution in [-0.4, -0.2) is 28.3 Å². The van der Waals surface area contributed by atoms with Gasteiger partial charge in [0.1, 0.15) is 5.82 Å². The van der Waals surface area contributed by atoms with E-state index in [0.29, 0.717) is 11.8 Å². The van der Waals surface area contributed by atoms with Crippen molar-refractivity contribution in [2.24, 2.45) is 0 Å². The van der Waals surface area contributed by atoms with Crippen molar-refractivity contribution in [3.8, 4) is 0 Å². The highest BCUT2D eigenvalue weighted by Crippen LogP contribution is 2.32. The zero-order valence-electron chi connectivity index (χ0n) is 9.71. The summed E-state index contributed by atoms with van der Waals surface area (Å²) in [5, 5.41) is 11.0. The van der Waals surface area contributed by atoms with Crippen LogP contribution in [0.3, 0.4) is 0 Å². The molecule has 16 heavy (non-hydrogen) atoms. The summed E-state index contributed by atoms with van der Waals surface area (Å²) in [4.78, 5) is 4.71. The standard InChI is InChI=1S/C12H20N4/c1-2-5-9(4-1)11-14-12(16-15-11)10-6-3-7-13-8-10/h9-10,13H,1-8H2,(H,14,15,16)/t10-/m0/s1. The molecule has 3 rings (SSSR count). The number of aromatic amines is 1. The summed E-state index contributed by atoms with van der Waals surface area (Å²) < 4.78 is 0. The molecule has 0 aromatic carbocycles. The minimum Gasteiger partial charge on any atom is -0.316 e. The quantitative estimate of drug-likeness (QED) is 0.800. The number of H-pyrrole nitrogens is 1. The topological polar surface area (TPSA) is 53.6 Å². The Kier molecular flexibility index (Phi) is 2.91. The molecule has 0 radical (unpaired) electrons. The molecular weight excluding hydrogens is 200 g/mol. The number of nitrogens with zero attached hydrogens (tertiary/aromatic N) is 2. The van der Waals surface area contributed by atoms with E-state index in [0.717, 1.165) is 24.7 Å². The van der Waals surface area contributed by atoms with E-state index in [2.05, 4.69) is 15.5 Å². The van der Waals surface area contributed by atoms with Crippen LogP contribution in [-0.2, 0) is 0 Å². The number of nitrogens with one attached hydrogen (secondary N) is 2. The van der Waals surface area contributed by atoms with Crippen LogP contribution in [0.5, 0.6) is 0 Å². The molecule has 88 valence electrons. The highest BCUT2D eigenvalue weighted by Gasteiger charge is 2.24. The Labute approximate surface area is 96.2 Å². The van der Waals surface area contributed by atoms with E-state index < -0.39 is 0 Å².